The van der Waals surface area contributed by atoms with E-state index in [4.69, 9.17) is 10.3 Å². The number of nitrogens with one attached hydrogen (secondary N) is 1. The molecule has 1 heterocycles. The Morgan fingerprint density at radius 3 is 2.42 bits per heavy atom. The van der Waals surface area contributed by atoms with Crippen LogP contribution in [0.4, 0.5) is 23.2 Å². The molecule has 0 saturated carbocycles. The van der Waals surface area contributed by atoms with Gasteiger partial charge in [0.15, 0.2) is 5.96 Å². The van der Waals surface area contributed by atoms with Crippen LogP contribution in [0.2, 0.25) is 0 Å². The highest BCUT2D eigenvalue weighted by Gasteiger charge is 2.30. The maximum atomic E-state index is 13.0. The van der Waals surface area contributed by atoms with Gasteiger partial charge in [-0.2, -0.15) is 4.98 Å². The Bertz CT molecular complexity index is 992. The first-order valence-electron chi connectivity index (χ1n) is 8.80. The molecule has 0 unspecified atom stereocenters. The van der Waals surface area contributed by atoms with E-state index in [0.717, 1.165) is 12.1 Å². The lowest BCUT2D eigenvalue weighted by atomic mass is 10.2. The highest BCUT2D eigenvalue weighted by atomic mass is 127. The molecule has 3 rings (SSSR count). The zero-order valence-corrected chi connectivity index (χ0v) is 18.2. The van der Waals surface area contributed by atoms with Crippen molar-refractivity contribution in [3.8, 4) is 17.1 Å². The van der Waals surface area contributed by atoms with Crippen molar-refractivity contribution < 1.29 is 26.8 Å². The SMILES string of the molecule is I.NC(=NCCCc1nc(-c2ccc(F)cc2)no1)Nc1ccc(OC(F)(F)F)cc1. The number of aryl methyl sites for hydroxylation is 1. The predicted octanol–water partition coefficient (Wildman–Crippen LogP) is 4.75. The molecule has 12 heteroatoms. The molecule has 0 aliphatic carbocycles. The summed E-state index contributed by atoms with van der Waals surface area (Å²) in [6.45, 7) is 0.363. The van der Waals surface area contributed by atoms with Crippen LogP contribution >= 0.6 is 24.0 Å². The van der Waals surface area contributed by atoms with Gasteiger partial charge in [-0.15, -0.1) is 37.1 Å². The van der Waals surface area contributed by atoms with Gasteiger partial charge in [-0.1, -0.05) is 5.16 Å². The van der Waals surface area contributed by atoms with Crippen molar-refractivity contribution in [2.24, 2.45) is 10.7 Å². The Kier molecular flexibility index (Phi) is 8.59. The molecule has 0 amide bonds. The first-order valence-corrected chi connectivity index (χ1v) is 8.80. The highest BCUT2D eigenvalue weighted by molar-refractivity contribution is 14.0. The van der Waals surface area contributed by atoms with Crippen molar-refractivity contribution in [3.05, 3.63) is 60.2 Å². The number of benzene rings is 2. The third-order valence-corrected chi connectivity index (χ3v) is 3.76. The Morgan fingerprint density at radius 2 is 1.77 bits per heavy atom. The number of guanidine groups is 1. The number of hydrogen-bond donors (Lipinski definition) is 2. The lowest BCUT2D eigenvalue weighted by Gasteiger charge is -2.10. The van der Waals surface area contributed by atoms with Crippen LogP contribution in [-0.4, -0.2) is 29.0 Å². The van der Waals surface area contributed by atoms with Crippen LogP contribution in [-0.2, 0) is 6.42 Å². The van der Waals surface area contributed by atoms with Gasteiger partial charge < -0.3 is 20.3 Å². The second-order valence-electron chi connectivity index (χ2n) is 6.09. The molecule has 0 saturated heterocycles. The summed E-state index contributed by atoms with van der Waals surface area (Å²) in [5, 5.41) is 6.62. The zero-order valence-electron chi connectivity index (χ0n) is 15.9. The summed E-state index contributed by atoms with van der Waals surface area (Å²) in [6, 6.07) is 10.8. The molecule has 3 aromatic rings. The second-order valence-corrected chi connectivity index (χ2v) is 6.09. The van der Waals surface area contributed by atoms with Crippen LogP contribution in [0, 0.1) is 5.82 Å². The van der Waals surface area contributed by atoms with Crippen molar-refractivity contribution in [1.29, 1.82) is 0 Å². The fourth-order valence-electron chi connectivity index (χ4n) is 2.43. The Hall–Kier alpha value is -2.90. The van der Waals surface area contributed by atoms with E-state index in [1.165, 1.54) is 24.3 Å². The summed E-state index contributed by atoms with van der Waals surface area (Å²) in [5.41, 5.74) is 6.87. The topological polar surface area (TPSA) is 98.6 Å². The predicted molar refractivity (Wildman–Crippen MR) is 117 cm³/mol. The van der Waals surface area contributed by atoms with Crippen molar-refractivity contribution in [2.45, 2.75) is 19.2 Å². The van der Waals surface area contributed by atoms with Gasteiger partial charge in [-0.25, -0.2) is 4.39 Å². The zero-order chi connectivity index (χ0) is 21.6. The molecule has 0 aliphatic rings. The van der Waals surface area contributed by atoms with E-state index in [0.29, 0.717) is 42.4 Å². The smallest absolute Gasteiger partial charge is 0.406 e. The van der Waals surface area contributed by atoms with Crippen molar-refractivity contribution in [2.75, 3.05) is 11.9 Å². The lowest BCUT2D eigenvalue weighted by Crippen LogP contribution is -2.23. The summed E-state index contributed by atoms with van der Waals surface area (Å²) in [6.07, 6.45) is -3.70. The van der Waals surface area contributed by atoms with E-state index < -0.39 is 6.36 Å². The van der Waals surface area contributed by atoms with E-state index in [9.17, 15) is 17.6 Å². The minimum Gasteiger partial charge on any atom is -0.406 e. The molecule has 166 valence electrons. The van der Waals surface area contributed by atoms with Gasteiger partial charge in [-0.05, 0) is 55.0 Å². The van der Waals surface area contributed by atoms with Gasteiger partial charge in [0.05, 0.1) is 0 Å². The molecule has 0 fully saturated rings. The van der Waals surface area contributed by atoms with Crippen molar-refractivity contribution in [1.82, 2.24) is 10.1 Å². The summed E-state index contributed by atoms with van der Waals surface area (Å²) < 4.78 is 58.3. The minimum absolute atomic E-state index is 0. The number of aliphatic imine (C=N–C) groups is 1. The molecule has 0 bridgehead atoms. The van der Waals surface area contributed by atoms with Gasteiger partial charge in [-0.3, -0.25) is 4.99 Å². The average Bonchev–Trinajstić information content (AvgIpc) is 3.15. The molecule has 31 heavy (non-hydrogen) atoms. The summed E-state index contributed by atoms with van der Waals surface area (Å²) in [5.74, 6) is 0.209. The first-order chi connectivity index (χ1) is 14.3. The Labute approximate surface area is 191 Å². The van der Waals surface area contributed by atoms with Crippen LogP contribution in [0.5, 0.6) is 5.75 Å². The summed E-state index contributed by atoms with van der Waals surface area (Å²) >= 11 is 0. The minimum atomic E-state index is -4.74. The molecule has 7 nitrogen and oxygen atoms in total. The average molecular weight is 551 g/mol. The highest BCUT2D eigenvalue weighted by Crippen LogP contribution is 2.23. The number of alkyl halides is 3. The number of hydrogen-bond acceptors (Lipinski definition) is 5. The van der Waals surface area contributed by atoms with E-state index >= 15 is 0 Å². The number of nitrogens with zero attached hydrogens (tertiary/aromatic N) is 3. The fourth-order valence-corrected chi connectivity index (χ4v) is 2.43. The standard InChI is InChI=1S/C19H17F4N5O2.HI/c20-13-5-3-12(4-6-13)17-27-16(30-28-17)2-1-11-25-18(24)26-14-7-9-15(10-8-14)29-19(21,22)23;/h3-10H,1-2,11H2,(H3,24,25,26);1H. The molecular formula is C19H18F4IN5O2. The maximum Gasteiger partial charge on any atom is 0.573 e. The molecule has 1 aromatic heterocycles. The van der Waals surface area contributed by atoms with Crippen LogP contribution in [0.25, 0.3) is 11.4 Å². The summed E-state index contributed by atoms with van der Waals surface area (Å²) in [4.78, 5) is 8.37. The second kappa shape index (κ2) is 10.9. The van der Waals surface area contributed by atoms with E-state index in [1.807, 2.05) is 0 Å². The van der Waals surface area contributed by atoms with Gasteiger partial charge in [0.25, 0.3) is 0 Å². The number of nitrogens with two attached hydrogens (primary N) is 1. The molecule has 2 aromatic carbocycles. The molecule has 0 aliphatic heterocycles. The molecule has 0 radical (unpaired) electrons. The Balaban J connectivity index is 0.00000341. The summed E-state index contributed by atoms with van der Waals surface area (Å²) in [7, 11) is 0. The number of aromatic nitrogens is 2. The van der Waals surface area contributed by atoms with Gasteiger partial charge >= 0.3 is 6.36 Å². The van der Waals surface area contributed by atoms with E-state index in [-0.39, 0.29) is 41.5 Å². The number of ether oxygens (including phenoxy) is 1. The third-order valence-electron chi connectivity index (χ3n) is 3.76. The van der Waals surface area contributed by atoms with Crippen LogP contribution in [0.1, 0.15) is 12.3 Å². The monoisotopic (exact) mass is 551 g/mol. The van der Waals surface area contributed by atoms with Gasteiger partial charge in [0, 0.05) is 24.2 Å². The first kappa shape index (κ1) is 24.4. The van der Waals surface area contributed by atoms with E-state index in [1.54, 1.807) is 12.1 Å². The van der Waals surface area contributed by atoms with Crippen molar-refractivity contribution in [3.63, 3.8) is 0 Å². The van der Waals surface area contributed by atoms with Crippen molar-refractivity contribution >= 4 is 35.6 Å². The van der Waals surface area contributed by atoms with Gasteiger partial charge in [0.1, 0.15) is 11.6 Å². The maximum absolute atomic E-state index is 13.0. The van der Waals surface area contributed by atoms with Crippen LogP contribution in [0.3, 0.4) is 0 Å². The normalized spacial score (nSPS) is 11.7. The third kappa shape index (κ3) is 8.03. The molecule has 0 atom stereocenters. The number of halogens is 5. The van der Waals surface area contributed by atoms with Gasteiger partial charge in [0.2, 0.25) is 11.7 Å². The van der Waals surface area contributed by atoms with Crippen LogP contribution in [0.15, 0.2) is 58.0 Å². The lowest BCUT2D eigenvalue weighted by molar-refractivity contribution is -0.274. The number of rotatable bonds is 7. The Morgan fingerprint density at radius 1 is 1.10 bits per heavy atom. The van der Waals surface area contributed by atoms with E-state index in [2.05, 4.69) is 25.2 Å². The quantitative estimate of drug-likeness (QED) is 0.145. The number of anilines is 1. The molecule has 3 N–H and O–H groups in total. The molecule has 0 spiro atoms. The van der Waals surface area contributed by atoms with Crippen LogP contribution < -0.4 is 15.8 Å². The molecular weight excluding hydrogens is 533 g/mol. The fraction of sp³-hybridized carbons (Fsp3) is 0.211. The largest absolute Gasteiger partial charge is 0.573 e.